The van der Waals surface area contributed by atoms with Crippen LogP contribution in [0.4, 0.5) is 5.69 Å². The maximum atomic E-state index is 11.4. The molecule has 0 N–H and O–H groups in total. The second-order valence-corrected chi connectivity index (χ2v) is 5.38. The molecular weight excluding hydrogens is 340 g/mol. The molecule has 106 valence electrons. The van der Waals surface area contributed by atoms with E-state index in [1.807, 2.05) is 28.9 Å². The third kappa shape index (κ3) is 2.70. The standard InChI is InChI=1S/C13H9BrN4O3/c14-9-1-2-13-15-10(7-17(13)5-9)6-16-4-3-12(19)11(8-16)18(20)21/h1-5,7-8H,6H2. The third-order valence-corrected chi connectivity index (χ3v) is 3.43. The van der Waals surface area contributed by atoms with Crippen molar-refractivity contribution in [1.29, 1.82) is 0 Å². The summed E-state index contributed by atoms with van der Waals surface area (Å²) in [7, 11) is 0. The van der Waals surface area contributed by atoms with Gasteiger partial charge in [0.15, 0.2) is 0 Å². The number of hydrogen-bond acceptors (Lipinski definition) is 4. The van der Waals surface area contributed by atoms with E-state index < -0.39 is 16.0 Å². The Morgan fingerprint density at radius 1 is 1.24 bits per heavy atom. The second kappa shape index (κ2) is 5.13. The van der Waals surface area contributed by atoms with Crippen LogP contribution < -0.4 is 5.43 Å². The third-order valence-electron chi connectivity index (χ3n) is 2.96. The lowest BCUT2D eigenvalue weighted by Crippen LogP contribution is -2.11. The molecule has 3 aromatic rings. The molecule has 0 amide bonds. The van der Waals surface area contributed by atoms with Gasteiger partial charge < -0.3 is 8.97 Å². The van der Waals surface area contributed by atoms with Crippen LogP contribution >= 0.6 is 15.9 Å². The van der Waals surface area contributed by atoms with E-state index in [1.165, 1.54) is 18.5 Å². The monoisotopic (exact) mass is 348 g/mol. The Labute approximate surface area is 126 Å². The topological polar surface area (TPSA) is 82.4 Å². The zero-order valence-electron chi connectivity index (χ0n) is 10.6. The summed E-state index contributed by atoms with van der Waals surface area (Å²) in [5.41, 5.74) is 0.481. The molecule has 0 aliphatic carbocycles. The molecule has 3 rings (SSSR count). The number of nitrogens with zero attached hydrogens (tertiary/aromatic N) is 4. The lowest BCUT2D eigenvalue weighted by Gasteiger charge is -2.02. The van der Waals surface area contributed by atoms with Gasteiger partial charge in [-0.05, 0) is 28.1 Å². The Bertz CT molecular complexity index is 900. The molecule has 0 saturated heterocycles. The first-order valence-electron chi connectivity index (χ1n) is 6.00. The van der Waals surface area contributed by atoms with Crippen molar-refractivity contribution in [3.05, 3.63) is 73.5 Å². The number of aromatic nitrogens is 3. The van der Waals surface area contributed by atoms with Gasteiger partial charge in [-0.2, -0.15) is 0 Å². The van der Waals surface area contributed by atoms with Gasteiger partial charge in [-0.3, -0.25) is 14.9 Å². The summed E-state index contributed by atoms with van der Waals surface area (Å²) in [6.07, 6.45) is 6.45. The Hall–Kier alpha value is -2.48. The molecule has 0 aromatic carbocycles. The van der Waals surface area contributed by atoms with Crippen LogP contribution in [0.15, 0.2) is 52.3 Å². The molecule has 7 nitrogen and oxygen atoms in total. The van der Waals surface area contributed by atoms with Crippen molar-refractivity contribution < 1.29 is 4.92 Å². The largest absolute Gasteiger partial charge is 0.342 e. The van der Waals surface area contributed by atoms with E-state index in [9.17, 15) is 14.9 Å². The fourth-order valence-corrected chi connectivity index (χ4v) is 2.38. The lowest BCUT2D eigenvalue weighted by atomic mass is 10.4. The summed E-state index contributed by atoms with van der Waals surface area (Å²) in [6, 6.07) is 4.93. The van der Waals surface area contributed by atoms with Crippen LogP contribution in [0.5, 0.6) is 0 Å². The van der Waals surface area contributed by atoms with Crippen LogP contribution in [-0.4, -0.2) is 18.9 Å². The number of rotatable bonds is 3. The Morgan fingerprint density at radius 3 is 2.81 bits per heavy atom. The second-order valence-electron chi connectivity index (χ2n) is 4.47. The molecule has 0 spiro atoms. The van der Waals surface area contributed by atoms with Gasteiger partial charge in [0, 0.05) is 29.1 Å². The van der Waals surface area contributed by atoms with Crippen molar-refractivity contribution in [3.8, 4) is 0 Å². The average molecular weight is 349 g/mol. The SMILES string of the molecule is O=c1ccn(Cc2cn3cc(Br)ccc3n2)cc1[N+](=O)[O-]. The summed E-state index contributed by atoms with van der Waals surface area (Å²) in [5, 5.41) is 10.8. The molecule has 8 heteroatoms. The number of pyridine rings is 2. The lowest BCUT2D eigenvalue weighted by molar-refractivity contribution is -0.386. The van der Waals surface area contributed by atoms with Crippen LogP contribution in [0, 0.1) is 10.1 Å². The fraction of sp³-hybridized carbons (Fsp3) is 0.0769. The van der Waals surface area contributed by atoms with Crippen molar-refractivity contribution >= 4 is 27.3 Å². The van der Waals surface area contributed by atoms with Crippen LogP contribution in [0.25, 0.3) is 5.65 Å². The van der Waals surface area contributed by atoms with Crippen molar-refractivity contribution in [2.45, 2.75) is 6.54 Å². The molecule has 0 atom stereocenters. The molecule has 3 aromatic heterocycles. The van der Waals surface area contributed by atoms with E-state index in [0.717, 1.165) is 15.8 Å². The zero-order valence-corrected chi connectivity index (χ0v) is 12.2. The molecule has 0 aliphatic heterocycles. The Kier molecular flexibility index (Phi) is 3.30. The van der Waals surface area contributed by atoms with Gasteiger partial charge in [0.1, 0.15) is 5.65 Å². The summed E-state index contributed by atoms with van der Waals surface area (Å²) in [6.45, 7) is 0.348. The molecular formula is C13H9BrN4O3. The molecule has 0 bridgehead atoms. The van der Waals surface area contributed by atoms with Crippen LogP contribution in [0.2, 0.25) is 0 Å². The smallest absolute Gasteiger partial charge is 0.332 e. The number of halogens is 1. The normalized spacial score (nSPS) is 10.9. The number of fused-ring (bicyclic) bond motifs is 1. The summed E-state index contributed by atoms with van der Waals surface area (Å²) >= 11 is 3.38. The van der Waals surface area contributed by atoms with Gasteiger partial charge >= 0.3 is 5.69 Å². The minimum Gasteiger partial charge on any atom is -0.342 e. The van der Waals surface area contributed by atoms with E-state index in [0.29, 0.717) is 6.54 Å². The van der Waals surface area contributed by atoms with E-state index in [4.69, 9.17) is 0 Å². The van der Waals surface area contributed by atoms with Gasteiger partial charge in [0.05, 0.1) is 23.4 Å². The van der Waals surface area contributed by atoms with Gasteiger partial charge in [-0.25, -0.2) is 4.98 Å². The molecule has 0 radical (unpaired) electrons. The van der Waals surface area contributed by atoms with Crippen molar-refractivity contribution in [1.82, 2.24) is 14.0 Å². The number of imidazole rings is 1. The van der Waals surface area contributed by atoms with Crippen molar-refractivity contribution in [2.75, 3.05) is 0 Å². The van der Waals surface area contributed by atoms with E-state index in [1.54, 1.807) is 4.57 Å². The van der Waals surface area contributed by atoms with E-state index >= 15 is 0 Å². The van der Waals surface area contributed by atoms with Crippen LogP contribution in [0.3, 0.4) is 0 Å². The molecule has 0 unspecified atom stereocenters. The highest BCUT2D eigenvalue weighted by atomic mass is 79.9. The first-order valence-corrected chi connectivity index (χ1v) is 6.80. The van der Waals surface area contributed by atoms with Crippen molar-refractivity contribution in [2.24, 2.45) is 0 Å². The molecule has 0 saturated carbocycles. The minimum atomic E-state index is -0.681. The Morgan fingerprint density at radius 2 is 2.05 bits per heavy atom. The molecule has 0 fully saturated rings. The predicted octanol–water partition coefficient (Wildman–Crippen LogP) is 2.22. The molecule has 21 heavy (non-hydrogen) atoms. The molecule has 0 aliphatic rings. The maximum absolute atomic E-state index is 11.4. The fourth-order valence-electron chi connectivity index (χ4n) is 2.03. The summed E-state index contributed by atoms with van der Waals surface area (Å²) in [4.78, 5) is 25.9. The van der Waals surface area contributed by atoms with Crippen LogP contribution in [-0.2, 0) is 6.54 Å². The first-order chi connectivity index (χ1) is 10.0. The van der Waals surface area contributed by atoms with Gasteiger partial charge in [-0.15, -0.1) is 0 Å². The van der Waals surface area contributed by atoms with Gasteiger partial charge in [0.2, 0.25) is 0 Å². The predicted molar refractivity (Wildman–Crippen MR) is 79.4 cm³/mol. The first kappa shape index (κ1) is 13.5. The quantitative estimate of drug-likeness (QED) is 0.536. The Balaban J connectivity index is 1.96. The molecule has 3 heterocycles. The maximum Gasteiger partial charge on any atom is 0.332 e. The van der Waals surface area contributed by atoms with Gasteiger partial charge in [-0.1, -0.05) is 0 Å². The summed E-state index contributed by atoms with van der Waals surface area (Å²) < 4.78 is 4.35. The van der Waals surface area contributed by atoms with Gasteiger partial charge in [0.25, 0.3) is 5.43 Å². The number of nitro groups is 1. The van der Waals surface area contributed by atoms with E-state index in [2.05, 4.69) is 20.9 Å². The highest BCUT2D eigenvalue weighted by molar-refractivity contribution is 9.10. The minimum absolute atomic E-state index is 0.348. The van der Waals surface area contributed by atoms with Crippen LogP contribution in [0.1, 0.15) is 5.69 Å². The summed E-state index contributed by atoms with van der Waals surface area (Å²) in [5.74, 6) is 0. The highest BCUT2D eigenvalue weighted by Crippen LogP contribution is 2.13. The van der Waals surface area contributed by atoms with E-state index in [-0.39, 0.29) is 0 Å². The number of hydrogen-bond donors (Lipinski definition) is 0. The highest BCUT2D eigenvalue weighted by Gasteiger charge is 2.12. The van der Waals surface area contributed by atoms with Crippen molar-refractivity contribution in [3.63, 3.8) is 0 Å². The zero-order chi connectivity index (χ0) is 15.0. The average Bonchev–Trinajstić information content (AvgIpc) is 2.82.